The summed E-state index contributed by atoms with van der Waals surface area (Å²) in [5, 5.41) is 11.0. The number of likely N-dealkylation sites (tertiary alicyclic amines) is 1. The Labute approximate surface area is 259 Å². The molecule has 2 bridgehead atoms. The number of benzene rings is 1. The molecule has 1 aromatic rings. The lowest BCUT2D eigenvalue weighted by Crippen LogP contribution is -2.60. The predicted molar refractivity (Wildman–Crippen MR) is 170 cm³/mol. The SMILES string of the molecule is C=CCCCCOC(=O)[C@@H]1[C@H]2C(=O)N([C@@H](CO)[C@@H](C)CC)C(C(=O)N(CC=C)c3c(C)cccc3Cl)C23S[C@@H]1CC3C. The highest BCUT2D eigenvalue weighted by atomic mass is 35.5. The van der Waals surface area contributed by atoms with Crippen LogP contribution in [0.1, 0.15) is 58.4 Å². The van der Waals surface area contributed by atoms with Gasteiger partial charge in [0.25, 0.3) is 5.91 Å². The highest BCUT2D eigenvalue weighted by Crippen LogP contribution is 2.69. The number of ether oxygens (including phenoxy) is 1. The average Bonchev–Trinajstić information content (AvgIpc) is 3.56. The van der Waals surface area contributed by atoms with Gasteiger partial charge in [-0.05, 0) is 56.1 Å². The number of hydrogen-bond donors (Lipinski definition) is 1. The largest absolute Gasteiger partial charge is 0.465 e. The molecule has 0 aromatic heterocycles. The van der Waals surface area contributed by atoms with Crippen molar-refractivity contribution in [3.05, 3.63) is 54.1 Å². The third kappa shape index (κ3) is 5.43. The molecule has 0 radical (unpaired) electrons. The van der Waals surface area contributed by atoms with Crippen LogP contribution in [0.5, 0.6) is 0 Å². The third-order valence-corrected chi connectivity index (χ3v) is 12.0. The number of unbranched alkanes of at least 4 members (excludes halogenated alkanes) is 2. The van der Waals surface area contributed by atoms with Crippen molar-refractivity contribution in [2.45, 2.75) is 81.9 Å². The lowest BCUT2D eigenvalue weighted by atomic mass is 9.66. The number of anilines is 1. The van der Waals surface area contributed by atoms with E-state index >= 15 is 0 Å². The van der Waals surface area contributed by atoms with E-state index in [0.29, 0.717) is 23.7 Å². The number of carbonyl (C=O) groups is 3. The molecular formula is C33H45ClN2O5S. The maximum Gasteiger partial charge on any atom is 0.310 e. The van der Waals surface area contributed by atoms with E-state index in [1.165, 1.54) is 0 Å². The molecule has 42 heavy (non-hydrogen) atoms. The van der Waals surface area contributed by atoms with Crippen LogP contribution in [0.2, 0.25) is 5.02 Å². The van der Waals surface area contributed by atoms with Crippen LogP contribution in [0.15, 0.2) is 43.5 Å². The van der Waals surface area contributed by atoms with Gasteiger partial charge < -0.3 is 19.6 Å². The topological polar surface area (TPSA) is 87.1 Å². The van der Waals surface area contributed by atoms with Crippen molar-refractivity contribution in [2.75, 3.05) is 24.7 Å². The summed E-state index contributed by atoms with van der Waals surface area (Å²) in [5.74, 6) is -2.27. The molecule has 2 amide bonds. The zero-order valence-corrected chi connectivity index (χ0v) is 26.8. The number of aliphatic hydroxyl groups is 1. The number of aliphatic hydroxyl groups excluding tert-OH is 1. The fourth-order valence-corrected chi connectivity index (χ4v) is 10.1. The minimum atomic E-state index is -0.882. The van der Waals surface area contributed by atoms with Crippen molar-refractivity contribution in [3.63, 3.8) is 0 Å². The second kappa shape index (κ2) is 13.6. The predicted octanol–water partition coefficient (Wildman–Crippen LogP) is 5.81. The van der Waals surface area contributed by atoms with E-state index in [9.17, 15) is 19.5 Å². The number of fused-ring (bicyclic) bond motifs is 1. The first-order valence-electron chi connectivity index (χ1n) is 15.2. The van der Waals surface area contributed by atoms with Gasteiger partial charge in [0.05, 0.1) is 46.5 Å². The van der Waals surface area contributed by atoms with Crippen LogP contribution in [0.25, 0.3) is 0 Å². The highest BCUT2D eigenvalue weighted by molar-refractivity contribution is 8.02. The van der Waals surface area contributed by atoms with Crippen LogP contribution in [0, 0.1) is 30.6 Å². The number of rotatable bonds is 14. The number of para-hydroxylation sites is 1. The van der Waals surface area contributed by atoms with Crippen molar-refractivity contribution >= 4 is 46.8 Å². The lowest BCUT2D eigenvalue weighted by Gasteiger charge is -2.43. The fraction of sp³-hybridized carbons (Fsp3) is 0.606. The Balaban J connectivity index is 1.81. The smallest absolute Gasteiger partial charge is 0.310 e. The normalized spacial score (nSPS) is 29.2. The molecule has 1 aromatic carbocycles. The summed E-state index contributed by atoms with van der Waals surface area (Å²) < 4.78 is 4.92. The Morgan fingerprint density at radius 2 is 2.05 bits per heavy atom. The van der Waals surface area contributed by atoms with E-state index in [4.69, 9.17) is 16.3 Å². The summed E-state index contributed by atoms with van der Waals surface area (Å²) in [6.07, 6.45) is 7.38. The second-order valence-electron chi connectivity index (χ2n) is 12.0. The molecule has 230 valence electrons. The maximum atomic E-state index is 15.0. The second-order valence-corrected chi connectivity index (χ2v) is 14.0. The van der Waals surface area contributed by atoms with Crippen LogP contribution < -0.4 is 4.90 Å². The maximum absolute atomic E-state index is 15.0. The summed E-state index contributed by atoms with van der Waals surface area (Å²) in [5.41, 5.74) is 1.42. The quantitative estimate of drug-likeness (QED) is 0.161. The summed E-state index contributed by atoms with van der Waals surface area (Å²) in [4.78, 5) is 46.4. The van der Waals surface area contributed by atoms with Crippen LogP contribution in [0.3, 0.4) is 0 Å². The number of esters is 1. The van der Waals surface area contributed by atoms with Gasteiger partial charge in [-0.2, -0.15) is 0 Å². The standard InChI is InChI=1S/C33H45ClN2O5S/c1-7-10-11-12-17-41-32(40)26-25-18-22(6)33(42-25)27(26)30(38)36(24(19-37)20(4)9-3)29(33)31(39)35(16-8-2)28-21(5)14-13-15-23(28)34/h7-8,13-15,20,22,24-27,29,37H,1-2,9-12,16-19H2,3-6H3/t20-,22?,24-,25+,26-,27-,29?,33?/m0/s1. The van der Waals surface area contributed by atoms with Gasteiger partial charge in [-0.25, -0.2) is 0 Å². The van der Waals surface area contributed by atoms with Crippen LogP contribution in [-0.4, -0.2) is 69.6 Å². The van der Waals surface area contributed by atoms with Gasteiger partial charge in [-0.1, -0.05) is 63.1 Å². The first-order valence-corrected chi connectivity index (χ1v) is 16.4. The van der Waals surface area contributed by atoms with Gasteiger partial charge in [-0.3, -0.25) is 14.4 Å². The average molecular weight is 617 g/mol. The zero-order valence-electron chi connectivity index (χ0n) is 25.3. The number of hydrogen-bond acceptors (Lipinski definition) is 6. The van der Waals surface area contributed by atoms with Gasteiger partial charge in [-0.15, -0.1) is 24.9 Å². The van der Waals surface area contributed by atoms with Crippen LogP contribution in [-0.2, 0) is 19.1 Å². The molecule has 3 heterocycles. The number of halogens is 1. The van der Waals surface area contributed by atoms with Crippen molar-refractivity contribution in [1.29, 1.82) is 0 Å². The molecule has 0 saturated carbocycles. The zero-order chi connectivity index (χ0) is 30.8. The molecule has 3 saturated heterocycles. The molecule has 1 N–H and O–H groups in total. The first-order chi connectivity index (χ1) is 20.1. The molecule has 4 rings (SSSR count). The summed E-state index contributed by atoms with van der Waals surface area (Å²) in [6, 6.07) is 4.04. The van der Waals surface area contributed by atoms with Crippen LogP contribution >= 0.6 is 23.4 Å². The Hall–Kier alpha value is -2.29. The molecule has 8 atom stereocenters. The van der Waals surface area contributed by atoms with Crippen molar-refractivity contribution in [1.82, 2.24) is 4.90 Å². The molecule has 1 spiro atoms. The van der Waals surface area contributed by atoms with Crippen LogP contribution in [0.4, 0.5) is 5.69 Å². The Morgan fingerprint density at radius 3 is 2.67 bits per heavy atom. The Kier molecular flexibility index (Phi) is 10.5. The van der Waals surface area contributed by atoms with Crippen molar-refractivity contribution in [3.8, 4) is 0 Å². The monoisotopic (exact) mass is 616 g/mol. The molecule has 3 aliphatic rings. The molecule has 3 unspecified atom stereocenters. The van der Waals surface area contributed by atoms with E-state index in [-0.39, 0.29) is 48.0 Å². The van der Waals surface area contributed by atoms with Crippen molar-refractivity contribution < 1.29 is 24.2 Å². The van der Waals surface area contributed by atoms with Gasteiger partial charge in [0, 0.05) is 11.8 Å². The minimum Gasteiger partial charge on any atom is -0.465 e. The third-order valence-electron chi connectivity index (χ3n) is 9.62. The molecule has 3 fully saturated rings. The Morgan fingerprint density at radius 1 is 1.31 bits per heavy atom. The number of carbonyl (C=O) groups excluding carboxylic acids is 3. The van der Waals surface area contributed by atoms with E-state index in [0.717, 1.165) is 31.2 Å². The van der Waals surface area contributed by atoms with Gasteiger partial charge in [0.15, 0.2) is 0 Å². The lowest BCUT2D eigenvalue weighted by molar-refractivity contribution is -0.155. The first kappa shape index (κ1) is 32.6. The highest BCUT2D eigenvalue weighted by Gasteiger charge is 2.77. The van der Waals surface area contributed by atoms with Crippen molar-refractivity contribution in [2.24, 2.45) is 23.7 Å². The van der Waals surface area contributed by atoms with Gasteiger partial charge in [0.1, 0.15) is 6.04 Å². The van der Waals surface area contributed by atoms with Gasteiger partial charge >= 0.3 is 5.97 Å². The number of allylic oxidation sites excluding steroid dienone is 1. The minimum absolute atomic E-state index is 0.00811. The molecular weight excluding hydrogens is 572 g/mol. The molecule has 0 aliphatic carbocycles. The van der Waals surface area contributed by atoms with E-state index in [1.54, 1.807) is 33.7 Å². The summed E-state index contributed by atoms with van der Waals surface area (Å²) in [7, 11) is 0. The Bertz CT molecular complexity index is 1190. The molecule has 9 heteroatoms. The molecule has 3 aliphatic heterocycles. The van der Waals surface area contributed by atoms with E-state index in [2.05, 4.69) is 20.1 Å². The van der Waals surface area contributed by atoms with E-state index in [1.807, 2.05) is 39.0 Å². The molecule has 7 nitrogen and oxygen atoms in total. The number of nitrogens with zero attached hydrogens (tertiary/aromatic N) is 2. The number of amides is 2. The number of thioether (sulfide) groups is 1. The van der Waals surface area contributed by atoms with E-state index < -0.39 is 28.7 Å². The van der Waals surface area contributed by atoms with Gasteiger partial charge in [0.2, 0.25) is 5.91 Å². The summed E-state index contributed by atoms with van der Waals surface area (Å²) in [6.45, 7) is 15.8. The summed E-state index contributed by atoms with van der Waals surface area (Å²) >= 11 is 8.29. The fourth-order valence-electron chi connectivity index (χ4n) is 7.37. The number of aryl methyl sites for hydroxylation is 1.